The van der Waals surface area contributed by atoms with Gasteiger partial charge in [0.25, 0.3) is 0 Å². The highest BCUT2D eigenvalue weighted by Gasteiger charge is 2.37. The molecule has 1 saturated heterocycles. The highest BCUT2D eigenvalue weighted by Crippen LogP contribution is 2.33. The van der Waals surface area contributed by atoms with Crippen LogP contribution in [0.2, 0.25) is 0 Å². The number of ether oxygens (including phenoxy) is 1. The van der Waals surface area contributed by atoms with E-state index in [4.69, 9.17) is 10.5 Å². The highest BCUT2D eigenvalue weighted by molar-refractivity contribution is 5.69. The van der Waals surface area contributed by atoms with Crippen LogP contribution < -0.4 is 5.73 Å². The van der Waals surface area contributed by atoms with E-state index in [0.29, 0.717) is 12.5 Å². The fourth-order valence-corrected chi connectivity index (χ4v) is 3.34. The third kappa shape index (κ3) is 4.50. The van der Waals surface area contributed by atoms with Gasteiger partial charge in [0, 0.05) is 24.5 Å². The summed E-state index contributed by atoms with van der Waals surface area (Å²) in [5.74, 6) is 0.755. The normalized spacial score (nSPS) is 25.0. The first-order valence-corrected chi connectivity index (χ1v) is 8.93. The van der Waals surface area contributed by atoms with Gasteiger partial charge in [-0.2, -0.15) is 0 Å². The summed E-state index contributed by atoms with van der Waals surface area (Å²) in [6, 6.07) is 8.78. The maximum Gasteiger partial charge on any atom is 0.410 e. The van der Waals surface area contributed by atoms with E-state index in [1.807, 2.05) is 20.8 Å². The zero-order valence-corrected chi connectivity index (χ0v) is 15.9. The van der Waals surface area contributed by atoms with Gasteiger partial charge >= 0.3 is 6.09 Å². The first-order chi connectivity index (χ1) is 11.1. The quantitative estimate of drug-likeness (QED) is 0.881. The van der Waals surface area contributed by atoms with Crippen LogP contribution >= 0.6 is 0 Å². The maximum atomic E-state index is 12.5. The number of piperidine rings is 1. The number of likely N-dealkylation sites (tertiary alicyclic amines) is 1. The third-order valence-electron chi connectivity index (χ3n) is 4.72. The molecule has 0 radical (unpaired) electrons. The number of benzene rings is 1. The van der Waals surface area contributed by atoms with Crippen molar-refractivity contribution in [2.75, 3.05) is 6.54 Å². The van der Waals surface area contributed by atoms with Gasteiger partial charge in [0.05, 0.1) is 0 Å². The molecule has 3 atom stereocenters. The number of carbonyl (C=O) groups excluding carboxylic acids is 1. The molecule has 1 aromatic carbocycles. The van der Waals surface area contributed by atoms with Gasteiger partial charge < -0.3 is 15.4 Å². The summed E-state index contributed by atoms with van der Waals surface area (Å²) in [6.45, 7) is 12.7. The molecule has 4 heteroatoms. The molecule has 0 aliphatic carbocycles. The maximum absolute atomic E-state index is 12.5. The minimum absolute atomic E-state index is 0.0245. The summed E-state index contributed by atoms with van der Waals surface area (Å²) < 4.78 is 5.56. The third-order valence-corrected chi connectivity index (χ3v) is 4.72. The van der Waals surface area contributed by atoms with E-state index in [-0.39, 0.29) is 24.1 Å². The Morgan fingerprint density at radius 1 is 1.25 bits per heavy atom. The fraction of sp³-hybridized carbons (Fsp3) is 0.650. The van der Waals surface area contributed by atoms with Gasteiger partial charge in [0.15, 0.2) is 0 Å². The van der Waals surface area contributed by atoms with E-state index in [0.717, 1.165) is 6.42 Å². The average Bonchev–Trinajstić information content (AvgIpc) is 2.47. The minimum Gasteiger partial charge on any atom is -0.444 e. The summed E-state index contributed by atoms with van der Waals surface area (Å²) in [5.41, 5.74) is 8.33. The Balaban J connectivity index is 2.19. The molecule has 1 aliphatic rings. The summed E-state index contributed by atoms with van der Waals surface area (Å²) in [7, 11) is 0. The lowest BCUT2D eigenvalue weighted by molar-refractivity contribution is 0.00655. The van der Waals surface area contributed by atoms with Gasteiger partial charge in [0.1, 0.15) is 5.60 Å². The fourth-order valence-electron chi connectivity index (χ4n) is 3.34. The van der Waals surface area contributed by atoms with E-state index in [1.165, 1.54) is 11.1 Å². The molecule has 1 aliphatic heterocycles. The number of hydrogen-bond acceptors (Lipinski definition) is 3. The van der Waals surface area contributed by atoms with E-state index in [1.54, 1.807) is 4.90 Å². The van der Waals surface area contributed by atoms with Gasteiger partial charge in [-0.3, -0.25) is 0 Å². The smallest absolute Gasteiger partial charge is 0.410 e. The second kappa shape index (κ2) is 7.14. The predicted octanol–water partition coefficient (Wildman–Crippen LogP) is 4.25. The lowest BCUT2D eigenvalue weighted by Gasteiger charge is -2.42. The Hall–Kier alpha value is -1.55. The van der Waals surface area contributed by atoms with Crippen molar-refractivity contribution < 1.29 is 9.53 Å². The number of rotatable bonds is 2. The first kappa shape index (κ1) is 18.8. The molecular weight excluding hydrogens is 300 g/mol. The van der Waals surface area contributed by atoms with Crippen LogP contribution in [-0.2, 0) is 4.74 Å². The second-order valence-corrected chi connectivity index (χ2v) is 8.30. The SMILES string of the molecule is CC(C)c1ccc(C2CC(N)CN(C(=O)OC(C)(C)C)C2C)cc1. The summed E-state index contributed by atoms with van der Waals surface area (Å²) >= 11 is 0. The molecule has 2 N–H and O–H groups in total. The standard InChI is InChI=1S/C20H32N2O2/c1-13(2)15-7-9-16(10-8-15)18-11-17(21)12-22(14(18)3)19(23)24-20(4,5)6/h7-10,13-14,17-18H,11-12,21H2,1-6H3. The molecular formula is C20H32N2O2. The van der Waals surface area contributed by atoms with Gasteiger partial charge in [0.2, 0.25) is 0 Å². The predicted molar refractivity (Wildman–Crippen MR) is 98.3 cm³/mol. The van der Waals surface area contributed by atoms with Gasteiger partial charge in [-0.05, 0) is 51.2 Å². The Morgan fingerprint density at radius 3 is 2.33 bits per heavy atom. The van der Waals surface area contributed by atoms with Crippen LogP contribution in [0.15, 0.2) is 24.3 Å². The van der Waals surface area contributed by atoms with Crippen LogP contribution in [-0.4, -0.2) is 35.2 Å². The number of carbonyl (C=O) groups is 1. The Morgan fingerprint density at radius 2 is 1.83 bits per heavy atom. The van der Waals surface area contributed by atoms with Crippen LogP contribution in [0.5, 0.6) is 0 Å². The molecule has 0 bridgehead atoms. The van der Waals surface area contributed by atoms with Gasteiger partial charge in [-0.1, -0.05) is 38.1 Å². The second-order valence-electron chi connectivity index (χ2n) is 8.30. The molecule has 1 amide bonds. The summed E-state index contributed by atoms with van der Waals surface area (Å²) in [6.07, 6.45) is 0.621. The number of nitrogens with zero attached hydrogens (tertiary/aromatic N) is 1. The molecule has 1 fully saturated rings. The molecule has 2 rings (SSSR count). The molecule has 24 heavy (non-hydrogen) atoms. The lowest BCUT2D eigenvalue weighted by Crippen LogP contribution is -2.54. The zero-order valence-electron chi connectivity index (χ0n) is 15.9. The van der Waals surface area contributed by atoms with Crippen molar-refractivity contribution in [2.45, 2.75) is 77.5 Å². The molecule has 4 nitrogen and oxygen atoms in total. The zero-order chi connectivity index (χ0) is 18.1. The van der Waals surface area contributed by atoms with Crippen molar-refractivity contribution in [3.05, 3.63) is 35.4 Å². The Bertz CT molecular complexity index is 560. The van der Waals surface area contributed by atoms with Crippen LogP contribution in [0.3, 0.4) is 0 Å². The molecule has 0 aromatic heterocycles. The van der Waals surface area contributed by atoms with Crippen LogP contribution in [0.4, 0.5) is 4.79 Å². The van der Waals surface area contributed by atoms with Crippen molar-refractivity contribution in [3.63, 3.8) is 0 Å². The largest absolute Gasteiger partial charge is 0.444 e. The molecule has 1 heterocycles. The van der Waals surface area contributed by atoms with Crippen LogP contribution in [0, 0.1) is 0 Å². The minimum atomic E-state index is -0.493. The first-order valence-electron chi connectivity index (χ1n) is 8.93. The van der Waals surface area contributed by atoms with Crippen molar-refractivity contribution in [1.29, 1.82) is 0 Å². The molecule has 134 valence electrons. The average molecular weight is 332 g/mol. The molecule has 1 aromatic rings. The number of amides is 1. The lowest BCUT2D eigenvalue weighted by atomic mass is 9.82. The van der Waals surface area contributed by atoms with E-state index in [9.17, 15) is 4.79 Å². The van der Waals surface area contributed by atoms with Crippen molar-refractivity contribution in [2.24, 2.45) is 5.73 Å². The van der Waals surface area contributed by atoms with E-state index in [2.05, 4.69) is 45.0 Å². The van der Waals surface area contributed by atoms with E-state index < -0.39 is 5.60 Å². The topological polar surface area (TPSA) is 55.6 Å². The molecule has 0 saturated carbocycles. The van der Waals surface area contributed by atoms with E-state index >= 15 is 0 Å². The highest BCUT2D eigenvalue weighted by atomic mass is 16.6. The molecule has 0 spiro atoms. The Labute approximate surface area is 146 Å². The Kier molecular flexibility index (Phi) is 5.59. The summed E-state index contributed by atoms with van der Waals surface area (Å²) in [4.78, 5) is 14.3. The molecule has 3 unspecified atom stereocenters. The number of hydrogen-bond donors (Lipinski definition) is 1. The monoisotopic (exact) mass is 332 g/mol. The van der Waals surface area contributed by atoms with Gasteiger partial charge in [-0.15, -0.1) is 0 Å². The van der Waals surface area contributed by atoms with Gasteiger partial charge in [-0.25, -0.2) is 4.79 Å². The van der Waals surface area contributed by atoms with Crippen LogP contribution in [0.25, 0.3) is 0 Å². The van der Waals surface area contributed by atoms with Crippen LogP contribution in [0.1, 0.15) is 70.9 Å². The van der Waals surface area contributed by atoms with Crippen molar-refractivity contribution in [1.82, 2.24) is 4.90 Å². The number of nitrogens with two attached hydrogens (primary N) is 1. The summed E-state index contributed by atoms with van der Waals surface area (Å²) in [5, 5.41) is 0. The van der Waals surface area contributed by atoms with Crippen molar-refractivity contribution in [3.8, 4) is 0 Å². The van der Waals surface area contributed by atoms with Crippen molar-refractivity contribution >= 4 is 6.09 Å².